The first-order valence-electron chi connectivity index (χ1n) is 8.42. The zero-order valence-electron chi connectivity index (χ0n) is 13.3. The Bertz CT molecular complexity index is 469. The summed E-state index contributed by atoms with van der Waals surface area (Å²) in [4.78, 5) is 0. The van der Waals surface area contributed by atoms with E-state index in [-0.39, 0.29) is 0 Å². The van der Waals surface area contributed by atoms with E-state index in [0.717, 1.165) is 5.92 Å². The van der Waals surface area contributed by atoms with Crippen LogP contribution in [0.2, 0.25) is 0 Å². The smallest absolute Gasteiger partial charge is 0.0345 e. The fourth-order valence-electron chi connectivity index (χ4n) is 4.22. The average molecular weight is 271 g/mol. The standard InChI is InChI=1S/C19H29N/c1-19(2,3)17-9-4-5-10-18(17)20-16-12-11-14-7-6-8-15(14)13-16/h11-13,17-18,20H,4-10H2,1-3H3. The first kappa shape index (κ1) is 14.0. The molecule has 1 heteroatoms. The fourth-order valence-corrected chi connectivity index (χ4v) is 4.22. The summed E-state index contributed by atoms with van der Waals surface area (Å²) in [6.07, 6.45) is 9.40. The third kappa shape index (κ3) is 2.87. The van der Waals surface area contributed by atoms with Crippen LogP contribution in [-0.2, 0) is 12.8 Å². The van der Waals surface area contributed by atoms with Gasteiger partial charge in [-0.3, -0.25) is 0 Å². The van der Waals surface area contributed by atoms with E-state index in [9.17, 15) is 0 Å². The fraction of sp³-hybridized carbons (Fsp3) is 0.684. The topological polar surface area (TPSA) is 12.0 Å². The van der Waals surface area contributed by atoms with E-state index in [1.165, 1.54) is 50.6 Å². The summed E-state index contributed by atoms with van der Waals surface area (Å²) in [5.41, 5.74) is 4.92. The second kappa shape index (κ2) is 5.42. The molecule has 1 saturated carbocycles. The van der Waals surface area contributed by atoms with Gasteiger partial charge in [0.15, 0.2) is 0 Å². The second-order valence-electron chi connectivity index (χ2n) is 7.84. The Kier molecular flexibility index (Phi) is 3.79. The number of hydrogen-bond donors (Lipinski definition) is 1. The number of hydrogen-bond acceptors (Lipinski definition) is 1. The number of fused-ring (bicyclic) bond motifs is 1. The van der Waals surface area contributed by atoms with Crippen LogP contribution in [0.5, 0.6) is 0 Å². The highest BCUT2D eigenvalue weighted by Gasteiger charge is 2.34. The van der Waals surface area contributed by atoms with E-state index < -0.39 is 0 Å². The number of benzene rings is 1. The summed E-state index contributed by atoms with van der Waals surface area (Å²) in [6.45, 7) is 7.21. The molecule has 1 aromatic carbocycles. The van der Waals surface area contributed by atoms with Crippen molar-refractivity contribution < 1.29 is 0 Å². The Hall–Kier alpha value is -0.980. The minimum atomic E-state index is 0.412. The molecule has 2 aliphatic carbocycles. The molecule has 0 bridgehead atoms. The lowest BCUT2D eigenvalue weighted by molar-refractivity contribution is 0.163. The zero-order valence-corrected chi connectivity index (χ0v) is 13.3. The maximum absolute atomic E-state index is 3.87. The summed E-state index contributed by atoms with van der Waals surface area (Å²) in [7, 11) is 0. The maximum Gasteiger partial charge on any atom is 0.0345 e. The SMILES string of the molecule is CC(C)(C)C1CCCCC1Nc1ccc2c(c1)CCC2. The van der Waals surface area contributed by atoms with Gasteiger partial charge < -0.3 is 5.32 Å². The first-order chi connectivity index (χ1) is 9.54. The Balaban J connectivity index is 1.75. The van der Waals surface area contributed by atoms with Gasteiger partial charge in [0.1, 0.15) is 0 Å². The van der Waals surface area contributed by atoms with Crippen molar-refractivity contribution in [2.45, 2.75) is 71.8 Å². The second-order valence-corrected chi connectivity index (χ2v) is 7.84. The van der Waals surface area contributed by atoms with E-state index in [1.54, 1.807) is 11.1 Å². The van der Waals surface area contributed by atoms with Gasteiger partial charge in [-0.2, -0.15) is 0 Å². The van der Waals surface area contributed by atoms with Crippen molar-refractivity contribution in [3.63, 3.8) is 0 Å². The van der Waals surface area contributed by atoms with Gasteiger partial charge >= 0.3 is 0 Å². The number of anilines is 1. The first-order valence-corrected chi connectivity index (χ1v) is 8.42. The monoisotopic (exact) mass is 271 g/mol. The number of rotatable bonds is 2. The molecule has 2 aliphatic rings. The lowest BCUT2D eigenvalue weighted by Gasteiger charge is -2.41. The molecule has 0 saturated heterocycles. The van der Waals surface area contributed by atoms with Crippen molar-refractivity contribution in [1.29, 1.82) is 0 Å². The molecule has 0 amide bonds. The van der Waals surface area contributed by atoms with Gasteiger partial charge in [0.2, 0.25) is 0 Å². The molecule has 0 aromatic heterocycles. The van der Waals surface area contributed by atoms with Crippen LogP contribution < -0.4 is 5.32 Å². The maximum atomic E-state index is 3.87. The van der Waals surface area contributed by atoms with Gasteiger partial charge in [0.05, 0.1) is 0 Å². The largest absolute Gasteiger partial charge is 0.382 e. The van der Waals surface area contributed by atoms with Crippen LogP contribution in [0.25, 0.3) is 0 Å². The van der Waals surface area contributed by atoms with Crippen molar-refractivity contribution in [2.24, 2.45) is 11.3 Å². The zero-order chi connectivity index (χ0) is 14.2. The summed E-state index contributed by atoms with van der Waals surface area (Å²) in [6, 6.07) is 7.72. The van der Waals surface area contributed by atoms with Crippen LogP contribution in [-0.4, -0.2) is 6.04 Å². The Morgan fingerprint density at radius 2 is 1.70 bits per heavy atom. The third-order valence-corrected chi connectivity index (χ3v) is 5.33. The number of aryl methyl sites for hydroxylation is 2. The van der Waals surface area contributed by atoms with E-state index >= 15 is 0 Å². The normalized spacial score (nSPS) is 26.4. The minimum absolute atomic E-state index is 0.412. The molecule has 0 aliphatic heterocycles. The van der Waals surface area contributed by atoms with E-state index in [0.29, 0.717) is 11.5 Å². The molecule has 0 spiro atoms. The molecule has 0 heterocycles. The van der Waals surface area contributed by atoms with E-state index in [4.69, 9.17) is 0 Å². The van der Waals surface area contributed by atoms with Gasteiger partial charge in [-0.25, -0.2) is 0 Å². The summed E-state index contributed by atoms with van der Waals surface area (Å²) >= 11 is 0. The van der Waals surface area contributed by atoms with E-state index in [1.807, 2.05) is 0 Å². The van der Waals surface area contributed by atoms with Crippen LogP contribution in [0.1, 0.15) is 64.0 Å². The molecule has 0 radical (unpaired) electrons. The minimum Gasteiger partial charge on any atom is -0.382 e. The highest BCUT2D eigenvalue weighted by Crippen LogP contribution is 2.39. The van der Waals surface area contributed by atoms with E-state index in [2.05, 4.69) is 44.3 Å². The summed E-state index contributed by atoms with van der Waals surface area (Å²) in [5, 5.41) is 3.87. The van der Waals surface area contributed by atoms with Crippen LogP contribution in [0.4, 0.5) is 5.69 Å². The average Bonchev–Trinajstić information content (AvgIpc) is 2.85. The molecule has 3 rings (SSSR count). The van der Waals surface area contributed by atoms with Gasteiger partial charge in [-0.05, 0) is 66.7 Å². The van der Waals surface area contributed by atoms with Crippen LogP contribution in [0, 0.1) is 11.3 Å². The Morgan fingerprint density at radius 3 is 2.50 bits per heavy atom. The molecular formula is C19H29N. The molecule has 110 valence electrons. The van der Waals surface area contributed by atoms with Gasteiger partial charge in [0.25, 0.3) is 0 Å². The van der Waals surface area contributed by atoms with Crippen molar-refractivity contribution in [3.8, 4) is 0 Å². The van der Waals surface area contributed by atoms with Gasteiger partial charge in [0, 0.05) is 11.7 Å². The summed E-state index contributed by atoms with van der Waals surface area (Å²) < 4.78 is 0. The van der Waals surface area contributed by atoms with Crippen molar-refractivity contribution in [2.75, 3.05) is 5.32 Å². The Labute approximate surface area is 124 Å². The van der Waals surface area contributed by atoms with Crippen molar-refractivity contribution in [1.82, 2.24) is 0 Å². The summed E-state index contributed by atoms with van der Waals surface area (Å²) in [5.74, 6) is 0.796. The third-order valence-electron chi connectivity index (χ3n) is 5.33. The molecular weight excluding hydrogens is 242 g/mol. The van der Waals surface area contributed by atoms with Crippen LogP contribution in [0.15, 0.2) is 18.2 Å². The predicted octanol–water partition coefficient (Wildman–Crippen LogP) is 5.19. The number of nitrogens with one attached hydrogen (secondary N) is 1. The molecule has 20 heavy (non-hydrogen) atoms. The predicted molar refractivity (Wildman–Crippen MR) is 87.3 cm³/mol. The molecule has 1 N–H and O–H groups in total. The van der Waals surface area contributed by atoms with Gasteiger partial charge in [-0.15, -0.1) is 0 Å². The lowest BCUT2D eigenvalue weighted by Crippen LogP contribution is -2.39. The van der Waals surface area contributed by atoms with Crippen molar-refractivity contribution >= 4 is 5.69 Å². The lowest BCUT2D eigenvalue weighted by atomic mass is 9.69. The van der Waals surface area contributed by atoms with Crippen LogP contribution in [0.3, 0.4) is 0 Å². The van der Waals surface area contributed by atoms with Gasteiger partial charge in [-0.1, -0.05) is 39.7 Å². The molecule has 2 atom stereocenters. The Morgan fingerprint density at radius 1 is 0.950 bits per heavy atom. The molecule has 1 aromatic rings. The molecule has 2 unspecified atom stereocenters. The molecule has 1 nitrogen and oxygen atoms in total. The highest BCUT2D eigenvalue weighted by atomic mass is 14.9. The van der Waals surface area contributed by atoms with Crippen molar-refractivity contribution in [3.05, 3.63) is 29.3 Å². The van der Waals surface area contributed by atoms with Crippen LogP contribution >= 0.6 is 0 Å². The molecule has 1 fully saturated rings. The quantitative estimate of drug-likeness (QED) is 0.780. The highest BCUT2D eigenvalue weighted by molar-refractivity contribution is 5.50.